The molecule has 2 aromatic rings. The summed E-state index contributed by atoms with van der Waals surface area (Å²) in [7, 11) is 0. The molecule has 0 aliphatic rings. The summed E-state index contributed by atoms with van der Waals surface area (Å²) in [6, 6.07) is 6.53. The SMILES string of the molecule is CCCNC(C)c1csc(-c2ccc(C(F)F)cc2)n1. The van der Waals surface area contributed by atoms with Crippen LogP contribution in [0.3, 0.4) is 0 Å². The summed E-state index contributed by atoms with van der Waals surface area (Å²) in [5.41, 5.74) is 1.92. The smallest absolute Gasteiger partial charge is 0.263 e. The molecular formula is C15H18F2N2S. The van der Waals surface area contributed by atoms with Crippen molar-refractivity contribution in [2.45, 2.75) is 32.7 Å². The number of hydrogen-bond acceptors (Lipinski definition) is 3. The van der Waals surface area contributed by atoms with Crippen LogP contribution >= 0.6 is 11.3 Å². The van der Waals surface area contributed by atoms with Crippen LogP contribution in [0.5, 0.6) is 0 Å². The predicted molar refractivity (Wildman–Crippen MR) is 79.2 cm³/mol. The standard InChI is InChI=1S/C15H18F2N2S/c1-3-8-18-10(2)13-9-20-15(19-13)12-6-4-11(5-7-12)14(16)17/h4-7,9-10,14,18H,3,8H2,1-2H3. The van der Waals surface area contributed by atoms with Crippen LogP contribution in [0.25, 0.3) is 10.6 Å². The van der Waals surface area contributed by atoms with Crippen LogP contribution in [-0.2, 0) is 0 Å². The topological polar surface area (TPSA) is 24.9 Å². The minimum atomic E-state index is -2.42. The summed E-state index contributed by atoms with van der Waals surface area (Å²) in [6.07, 6.45) is -1.34. The Morgan fingerprint density at radius 1 is 1.25 bits per heavy atom. The van der Waals surface area contributed by atoms with Crippen molar-refractivity contribution < 1.29 is 8.78 Å². The highest BCUT2D eigenvalue weighted by Gasteiger charge is 2.11. The number of aromatic nitrogens is 1. The Kier molecular flexibility index (Phi) is 5.20. The molecule has 1 unspecified atom stereocenters. The van der Waals surface area contributed by atoms with E-state index >= 15 is 0 Å². The maximum atomic E-state index is 12.5. The van der Waals surface area contributed by atoms with Crippen LogP contribution < -0.4 is 5.32 Å². The molecule has 2 rings (SSSR count). The summed E-state index contributed by atoms with van der Waals surface area (Å²) in [4.78, 5) is 4.58. The minimum absolute atomic E-state index is 0.0449. The third-order valence-corrected chi connectivity index (χ3v) is 3.99. The van der Waals surface area contributed by atoms with Crippen molar-refractivity contribution in [3.63, 3.8) is 0 Å². The summed E-state index contributed by atoms with van der Waals surface area (Å²) >= 11 is 1.54. The quantitative estimate of drug-likeness (QED) is 0.827. The number of nitrogens with zero attached hydrogens (tertiary/aromatic N) is 1. The van der Waals surface area contributed by atoms with Gasteiger partial charge in [-0.2, -0.15) is 0 Å². The molecule has 0 spiro atoms. The van der Waals surface area contributed by atoms with Crippen molar-refractivity contribution in [2.75, 3.05) is 6.54 Å². The van der Waals surface area contributed by atoms with E-state index < -0.39 is 6.43 Å². The summed E-state index contributed by atoms with van der Waals surface area (Å²) in [5, 5.41) is 6.27. The van der Waals surface area contributed by atoms with Crippen molar-refractivity contribution in [2.24, 2.45) is 0 Å². The van der Waals surface area contributed by atoms with Gasteiger partial charge in [-0.1, -0.05) is 31.2 Å². The van der Waals surface area contributed by atoms with E-state index in [-0.39, 0.29) is 11.6 Å². The molecule has 2 nitrogen and oxygen atoms in total. The Balaban J connectivity index is 2.11. The Labute approximate surface area is 121 Å². The van der Waals surface area contributed by atoms with Crippen LogP contribution in [-0.4, -0.2) is 11.5 Å². The van der Waals surface area contributed by atoms with E-state index in [1.54, 1.807) is 23.5 Å². The zero-order chi connectivity index (χ0) is 14.5. The van der Waals surface area contributed by atoms with Gasteiger partial charge in [-0.25, -0.2) is 13.8 Å². The van der Waals surface area contributed by atoms with Crippen molar-refractivity contribution in [3.8, 4) is 10.6 Å². The Morgan fingerprint density at radius 3 is 2.55 bits per heavy atom. The molecule has 1 atom stereocenters. The van der Waals surface area contributed by atoms with E-state index in [0.717, 1.165) is 29.2 Å². The van der Waals surface area contributed by atoms with E-state index in [9.17, 15) is 8.78 Å². The average Bonchev–Trinajstić information content (AvgIpc) is 2.94. The first kappa shape index (κ1) is 15.1. The number of rotatable bonds is 6. The van der Waals surface area contributed by atoms with Crippen LogP contribution in [0, 0.1) is 0 Å². The van der Waals surface area contributed by atoms with Gasteiger partial charge in [0.15, 0.2) is 0 Å². The first-order chi connectivity index (χ1) is 9.61. The Morgan fingerprint density at radius 2 is 1.95 bits per heavy atom. The third kappa shape index (κ3) is 3.61. The molecule has 0 aliphatic carbocycles. The zero-order valence-electron chi connectivity index (χ0n) is 11.6. The van der Waals surface area contributed by atoms with Crippen molar-refractivity contribution in [1.29, 1.82) is 0 Å². The lowest BCUT2D eigenvalue weighted by Gasteiger charge is -2.09. The van der Waals surface area contributed by atoms with E-state index in [0.29, 0.717) is 0 Å². The van der Waals surface area contributed by atoms with Crippen molar-refractivity contribution in [1.82, 2.24) is 10.3 Å². The molecule has 0 saturated heterocycles. The largest absolute Gasteiger partial charge is 0.309 e. The molecule has 1 N–H and O–H groups in total. The number of halogens is 2. The van der Waals surface area contributed by atoms with E-state index in [2.05, 4.69) is 24.1 Å². The highest BCUT2D eigenvalue weighted by atomic mass is 32.1. The molecule has 0 aliphatic heterocycles. The normalized spacial score (nSPS) is 12.8. The lowest BCUT2D eigenvalue weighted by atomic mass is 10.1. The van der Waals surface area contributed by atoms with Crippen LogP contribution in [0.4, 0.5) is 8.78 Å². The van der Waals surface area contributed by atoms with E-state index in [4.69, 9.17) is 0 Å². The minimum Gasteiger partial charge on any atom is -0.309 e. The second-order valence-corrected chi connectivity index (χ2v) is 5.53. The maximum Gasteiger partial charge on any atom is 0.263 e. The number of thiazole rings is 1. The van der Waals surface area contributed by atoms with Gasteiger partial charge in [0.05, 0.1) is 5.69 Å². The summed E-state index contributed by atoms with van der Waals surface area (Å²) in [6.45, 7) is 5.16. The average molecular weight is 296 g/mol. The van der Waals surface area contributed by atoms with Crippen molar-refractivity contribution in [3.05, 3.63) is 40.9 Å². The number of benzene rings is 1. The number of hydrogen-bond donors (Lipinski definition) is 1. The molecule has 1 aromatic heterocycles. The molecule has 1 heterocycles. The first-order valence-corrected chi connectivity index (χ1v) is 7.57. The fraction of sp³-hybridized carbons (Fsp3) is 0.400. The fourth-order valence-corrected chi connectivity index (χ4v) is 2.77. The second kappa shape index (κ2) is 6.90. The van der Waals surface area contributed by atoms with Crippen molar-refractivity contribution >= 4 is 11.3 Å². The van der Waals surface area contributed by atoms with Gasteiger partial charge in [-0.3, -0.25) is 0 Å². The van der Waals surface area contributed by atoms with E-state index in [1.165, 1.54) is 12.1 Å². The molecule has 0 radical (unpaired) electrons. The van der Waals surface area contributed by atoms with Gasteiger partial charge in [0, 0.05) is 22.5 Å². The number of alkyl halides is 2. The van der Waals surface area contributed by atoms with Gasteiger partial charge in [-0.15, -0.1) is 11.3 Å². The molecule has 20 heavy (non-hydrogen) atoms. The van der Waals surface area contributed by atoms with Gasteiger partial charge in [0.2, 0.25) is 0 Å². The molecule has 0 amide bonds. The predicted octanol–water partition coefficient (Wildman–Crippen LogP) is 4.81. The zero-order valence-corrected chi connectivity index (χ0v) is 12.4. The molecular weight excluding hydrogens is 278 g/mol. The lowest BCUT2D eigenvalue weighted by Crippen LogP contribution is -2.19. The molecule has 0 bridgehead atoms. The number of nitrogens with one attached hydrogen (secondary N) is 1. The second-order valence-electron chi connectivity index (χ2n) is 4.68. The first-order valence-electron chi connectivity index (χ1n) is 6.69. The molecule has 108 valence electrons. The highest BCUT2D eigenvalue weighted by Crippen LogP contribution is 2.28. The Hall–Kier alpha value is -1.33. The summed E-state index contributed by atoms with van der Waals surface area (Å²) < 4.78 is 25.0. The van der Waals surface area contributed by atoms with Crippen LogP contribution in [0.1, 0.15) is 44.0 Å². The van der Waals surface area contributed by atoms with E-state index in [1.807, 2.05) is 5.38 Å². The molecule has 5 heteroatoms. The third-order valence-electron chi connectivity index (χ3n) is 3.08. The van der Waals surface area contributed by atoms with Gasteiger partial charge in [0.1, 0.15) is 5.01 Å². The Bertz CT molecular complexity index is 537. The van der Waals surface area contributed by atoms with Crippen LogP contribution in [0.15, 0.2) is 29.6 Å². The van der Waals surface area contributed by atoms with Gasteiger partial charge >= 0.3 is 0 Å². The molecule has 1 aromatic carbocycles. The molecule has 0 saturated carbocycles. The van der Waals surface area contributed by atoms with Gasteiger partial charge in [-0.05, 0) is 19.9 Å². The monoisotopic (exact) mass is 296 g/mol. The molecule has 0 fully saturated rings. The highest BCUT2D eigenvalue weighted by molar-refractivity contribution is 7.13. The summed E-state index contributed by atoms with van der Waals surface area (Å²) in [5.74, 6) is 0. The lowest BCUT2D eigenvalue weighted by molar-refractivity contribution is 0.151. The van der Waals surface area contributed by atoms with Gasteiger partial charge < -0.3 is 5.32 Å². The van der Waals surface area contributed by atoms with Crippen LogP contribution in [0.2, 0.25) is 0 Å². The van der Waals surface area contributed by atoms with Gasteiger partial charge in [0.25, 0.3) is 6.43 Å². The fourth-order valence-electron chi connectivity index (χ4n) is 1.85. The maximum absolute atomic E-state index is 12.5.